The molecule has 0 saturated carbocycles. The van der Waals surface area contributed by atoms with Gasteiger partial charge in [0.2, 0.25) is 5.95 Å². The molecular formula is C7H11N3O3S. The van der Waals surface area contributed by atoms with Crippen molar-refractivity contribution >= 4 is 15.8 Å². The summed E-state index contributed by atoms with van der Waals surface area (Å²) in [7, 11) is -1.91. The largest absolute Gasteiger partial charge is 0.384 e. The highest BCUT2D eigenvalue weighted by Gasteiger charge is 2.14. The van der Waals surface area contributed by atoms with Crippen molar-refractivity contribution in [1.82, 2.24) is 9.97 Å². The van der Waals surface area contributed by atoms with E-state index in [1.54, 1.807) is 0 Å². The van der Waals surface area contributed by atoms with Gasteiger partial charge in [0, 0.05) is 7.11 Å². The van der Waals surface area contributed by atoms with E-state index in [1.807, 2.05) is 0 Å². The summed E-state index contributed by atoms with van der Waals surface area (Å²) in [6.45, 7) is 0.146. The molecule has 0 aliphatic heterocycles. The third-order valence-electron chi connectivity index (χ3n) is 1.56. The standard InChI is InChI=1S/C7H11N3O3S/c1-13-2-3-14(11,12)6-4-9-7(8)10-5-6/h4-5H,2-3H2,1H3,(H2,8,9,10). The summed E-state index contributed by atoms with van der Waals surface area (Å²) >= 11 is 0. The average Bonchev–Trinajstić information content (AvgIpc) is 2.16. The Balaban J connectivity index is 2.87. The molecular weight excluding hydrogens is 206 g/mol. The number of nitrogens with zero attached hydrogens (tertiary/aromatic N) is 2. The Morgan fingerprint density at radius 2 is 2.00 bits per heavy atom. The van der Waals surface area contributed by atoms with Crippen LogP contribution >= 0.6 is 0 Å². The predicted octanol–water partition coefficient (Wildman–Crippen LogP) is -0.521. The molecule has 1 aromatic rings. The first-order valence-electron chi connectivity index (χ1n) is 3.85. The molecule has 78 valence electrons. The van der Waals surface area contributed by atoms with Crippen LogP contribution in [0.5, 0.6) is 0 Å². The third-order valence-corrected chi connectivity index (χ3v) is 3.20. The molecule has 1 rings (SSSR count). The van der Waals surface area contributed by atoms with Crippen LogP contribution in [0, 0.1) is 0 Å². The Hall–Kier alpha value is -1.21. The average molecular weight is 217 g/mol. The highest BCUT2D eigenvalue weighted by atomic mass is 32.2. The second-order valence-corrected chi connectivity index (χ2v) is 4.70. The molecule has 0 amide bonds. The number of rotatable bonds is 4. The van der Waals surface area contributed by atoms with E-state index in [2.05, 4.69) is 14.7 Å². The van der Waals surface area contributed by atoms with Gasteiger partial charge in [0.1, 0.15) is 4.90 Å². The van der Waals surface area contributed by atoms with Gasteiger partial charge in [0.05, 0.1) is 24.8 Å². The summed E-state index contributed by atoms with van der Waals surface area (Å²) in [5.74, 6) is -0.0350. The lowest BCUT2D eigenvalue weighted by atomic mass is 10.7. The number of anilines is 1. The van der Waals surface area contributed by atoms with Crippen LogP contribution in [0.2, 0.25) is 0 Å². The second kappa shape index (κ2) is 4.34. The molecule has 14 heavy (non-hydrogen) atoms. The van der Waals surface area contributed by atoms with Gasteiger partial charge >= 0.3 is 0 Å². The predicted molar refractivity (Wildman–Crippen MR) is 50.4 cm³/mol. The normalized spacial score (nSPS) is 11.5. The molecule has 1 heterocycles. The molecule has 1 aromatic heterocycles. The molecule has 0 aromatic carbocycles. The van der Waals surface area contributed by atoms with Gasteiger partial charge < -0.3 is 10.5 Å². The van der Waals surface area contributed by atoms with Crippen LogP contribution in [0.4, 0.5) is 5.95 Å². The van der Waals surface area contributed by atoms with Gasteiger partial charge in [0.25, 0.3) is 0 Å². The highest BCUT2D eigenvalue weighted by molar-refractivity contribution is 7.91. The maximum atomic E-state index is 11.5. The molecule has 0 spiro atoms. The molecule has 0 atom stereocenters. The lowest BCUT2D eigenvalue weighted by Gasteiger charge is -2.02. The van der Waals surface area contributed by atoms with E-state index in [1.165, 1.54) is 19.5 Å². The SMILES string of the molecule is COCCS(=O)(=O)c1cnc(N)nc1. The molecule has 0 radical (unpaired) electrons. The molecule has 2 N–H and O–H groups in total. The van der Waals surface area contributed by atoms with Crippen LogP contribution in [-0.4, -0.2) is 37.9 Å². The fourth-order valence-corrected chi connectivity index (χ4v) is 1.85. The Kier molecular flexibility index (Phi) is 3.37. The van der Waals surface area contributed by atoms with E-state index in [-0.39, 0.29) is 23.2 Å². The molecule has 0 aliphatic carbocycles. The minimum atomic E-state index is -3.34. The Bertz CT molecular complexity index is 387. The van der Waals surface area contributed by atoms with Crippen molar-refractivity contribution in [3.05, 3.63) is 12.4 Å². The summed E-state index contributed by atoms with van der Waals surface area (Å²) in [5, 5.41) is 0. The van der Waals surface area contributed by atoms with Crippen LogP contribution in [0.3, 0.4) is 0 Å². The van der Waals surface area contributed by atoms with Crippen molar-refractivity contribution in [2.75, 3.05) is 25.2 Å². The summed E-state index contributed by atoms with van der Waals surface area (Å²) < 4.78 is 27.7. The zero-order valence-electron chi connectivity index (χ0n) is 7.67. The van der Waals surface area contributed by atoms with Gasteiger partial charge in [-0.1, -0.05) is 0 Å². The number of sulfone groups is 1. The van der Waals surface area contributed by atoms with Crippen molar-refractivity contribution in [3.8, 4) is 0 Å². The minimum Gasteiger partial charge on any atom is -0.384 e. The van der Waals surface area contributed by atoms with E-state index >= 15 is 0 Å². The number of aromatic nitrogens is 2. The summed E-state index contributed by atoms with van der Waals surface area (Å²) in [6.07, 6.45) is 2.38. The lowest BCUT2D eigenvalue weighted by Crippen LogP contribution is -2.12. The van der Waals surface area contributed by atoms with Gasteiger partial charge in [-0.05, 0) is 0 Å². The van der Waals surface area contributed by atoms with E-state index in [9.17, 15) is 8.42 Å². The lowest BCUT2D eigenvalue weighted by molar-refractivity contribution is 0.217. The zero-order valence-corrected chi connectivity index (χ0v) is 8.49. The van der Waals surface area contributed by atoms with Gasteiger partial charge in [0.15, 0.2) is 9.84 Å². The minimum absolute atomic E-state index is 0.0516. The van der Waals surface area contributed by atoms with E-state index in [0.717, 1.165) is 0 Å². The quantitative estimate of drug-likeness (QED) is 0.729. The molecule has 0 bridgehead atoms. The first-order valence-corrected chi connectivity index (χ1v) is 5.50. The number of methoxy groups -OCH3 is 1. The summed E-state index contributed by atoms with van der Waals surface area (Å²) in [6, 6.07) is 0. The smallest absolute Gasteiger partial charge is 0.219 e. The topological polar surface area (TPSA) is 95.2 Å². The summed E-state index contributed by atoms with van der Waals surface area (Å²) in [5.41, 5.74) is 5.23. The first-order chi connectivity index (χ1) is 6.56. The van der Waals surface area contributed by atoms with E-state index < -0.39 is 9.84 Å². The van der Waals surface area contributed by atoms with E-state index in [0.29, 0.717) is 0 Å². The third kappa shape index (κ3) is 2.64. The van der Waals surface area contributed by atoms with Gasteiger partial charge in [-0.15, -0.1) is 0 Å². The van der Waals surface area contributed by atoms with Crippen LogP contribution in [0.25, 0.3) is 0 Å². The molecule has 6 nitrogen and oxygen atoms in total. The molecule has 0 fully saturated rings. The molecule has 0 unspecified atom stereocenters. The second-order valence-electron chi connectivity index (χ2n) is 2.59. The van der Waals surface area contributed by atoms with Gasteiger partial charge in [-0.3, -0.25) is 0 Å². The van der Waals surface area contributed by atoms with Gasteiger partial charge in [-0.25, -0.2) is 18.4 Å². The molecule has 0 saturated heterocycles. The maximum Gasteiger partial charge on any atom is 0.219 e. The van der Waals surface area contributed by atoms with Crippen LogP contribution in [0.15, 0.2) is 17.3 Å². The maximum absolute atomic E-state index is 11.5. The van der Waals surface area contributed by atoms with Crippen LogP contribution in [-0.2, 0) is 14.6 Å². The van der Waals surface area contributed by atoms with Crippen molar-refractivity contribution in [1.29, 1.82) is 0 Å². The fourth-order valence-electron chi connectivity index (χ4n) is 0.798. The monoisotopic (exact) mass is 217 g/mol. The van der Waals surface area contributed by atoms with Crippen molar-refractivity contribution < 1.29 is 13.2 Å². The van der Waals surface area contributed by atoms with Gasteiger partial charge in [-0.2, -0.15) is 0 Å². The Labute approximate surface area is 82.0 Å². The number of ether oxygens (including phenoxy) is 1. The number of nitrogens with two attached hydrogens (primary N) is 1. The fraction of sp³-hybridized carbons (Fsp3) is 0.429. The highest BCUT2D eigenvalue weighted by Crippen LogP contribution is 2.08. The number of nitrogen functional groups attached to an aromatic ring is 1. The van der Waals surface area contributed by atoms with Crippen LogP contribution < -0.4 is 5.73 Å². The Morgan fingerprint density at radius 3 is 2.50 bits per heavy atom. The Morgan fingerprint density at radius 1 is 1.43 bits per heavy atom. The zero-order chi connectivity index (χ0) is 10.6. The number of hydrogen-bond acceptors (Lipinski definition) is 6. The summed E-state index contributed by atoms with van der Waals surface area (Å²) in [4.78, 5) is 7.26. The first kappa shape index (κ1) is 10.9. The molecule has 7 heteroatoms. The molecule has 0 aliphatic rings. The van der Waals surface area contributed by atoms with Crippen molar-refractivity contribution in [2.45, 2.75) is 4.90 Å². The van der Waals surface area contributed by atoms with E-state index in [4.69, 9.17) is 5.73 Å². The number of hydrogen-bond donors (Lipinski definition) is 1. The van der Waals surface area contributed by atoms with Crippen molar-refractivity contribution in [3.63, 3.8) is 0 Å². The van der Waals surface area contributed by atoms with Crippen LogP contribution in [0.1, 0.15) is 0 Å². The van der Waals surface area contributed by atoms with Crippen molar-refractivity contribution in [2.24, 2.45) is 0 Å².